The molecule has 0 radical (unpaired) electrons. The fourth-order valence-electron chi connectivity index (χ4n) is 3.67. The number of carbonyl (C=O) groups excluding carboxylic acids is 2. The van der Waals surface area contributed by atoms with Crippen molar-refractivity contribution >= 4 is 11.9 Å². The molecule has 2 aromatic rings. The van der Waals surface area contributed by atoms with Gasteiger partial charge in [-0.25, -0.2) is 4.79 Å². The summed E-state index contributed by atoms with van der Waals surface area (Å²) >= 11 is 0. The minimum atomic E-state index is -1.06. The monoisotopic (exact) mass is 355 g/mol. The van der Waals surface area contributed by atoms with E-state index >= 15 is 0 Å². The summed E-state index contributed by atoms with van der Waals surface area (Å²) in [4.78, 5) is 27.1. The normalized spacial score (nSPS) is 21.9. The Morgan fingerprint density at radius 2 is 2.04 bits per heavy atom. The van der Waals surface area contributed by atoms with Gasteiger partial charge in [0.15, 0.2) is 11.4 Å². The predicted octanol–water partition coefficient (Wildman–Crippen LogP) is 1.67. The van der Waals surface area contributed by atoms with Crippen molar-refractivity contribution < 1.29 is 14.3 Å². The number of urea groups is 1. The average Bonchev–Trinajstić information content (AvgIpc) is 3.09. The summed E-state index contributed by atoms with van der Waals surface area (Å²) in [6.07, 6.45) is 0.404. The molecule has 8 nitrogen and oxygen atoms in total. The third-order valence-electron chi connectivity index (χ3n) is 5.07. The van der Waals surface area contributed by atoms with Gasteiger partial charge in [0.1, 0.15) is 11.6 Å². The Kier molecular flexibility index (Phi) is 3.71. The molecule has 1 N–H and O–H groups in total. The minimum Gasteiger partial charge on any atom is -0.493 e. The molecule has 4 rings (SSSR count). The number of nitrogens with zero attached hydrogens (tertiary/aromatic N) is 4. The van der Waals surface area contributed by atoms with Crippen molar-refractivity contribution in [2.45, 2.75) is 38.3 Å². The van der Waals surface area contributed by atoms with Gasteiger partial charge in [-0.1, -0.05) is 32.0 Å². The Labute approximate surface area is 151 Å². The van der Waals surface area contributed by atoms with Crippen LogP contribution in [0.15, 0.2) is 24.3 Å². The number of hydrogen-bond acceptors (Lipinski definition) is 5. The van der Waals surface area contributed by atoms with E-state index in [9.17, 15) is 9.59 Å². The molecule has 8 heteroatoms. The molecule has 3 heterocycles. The first-order valence-corrected chi connectivity index (χ1v) is 8.68. The van der Waals surface area contributed by atoms with E-state index < -0.39 is 11.6 Å². The summed E-state index contributed by atoms with van der Waals surface area (Å²) in [5.41, 5.74) is -0.362. The first-order chi connectivity index (χ1) is 12.4. The molecule has 0 saturated carbocycles. The fraction of sp³-hybridized carbons (Fsp3) is 0.444. The highest BCUT2D eigenvalue weighted by Gasteiger charge is 2.55. The topological polar surface area (TPSA) is 89.4 Å². The average molecular weight is 355 g/mol. The minimum absolute atomic E-state index is 0.0889. The SMILES string of the molecule is CC(C)c1nnc(CN2C(=O)NC3(CCOc4ccccc43)C2=O)n1C. The molecule has 3 amide bonds. The number of hydrogen-bond donors (Lipinski definition) is 1. The second kappa shape index (κ2) is 5.82. The maximum absolute atomic E-state index is 13.2. The molecule has 0 bridgehead atoms. The van der Waals surface area contributed by atoms with Crippen molar-refractivity contribution in [1.82, 2.24) is 25.0 Å². The summed E-state index contributed by atoms with van der Waals surface area (Å²) in [6.45, 7) is 4.51. The lowest BCUT2D eigenvalue weighted by Crippen LogP contribution is -2.47. The number of carbonyl (C=O) groups is 2. The zero-order valence-electron chi connectivity index (χ0n) is 15.0. The second-order valence-electron chi connectivity index (χ2n) is 7.01. The van der Waals surface area contributed by atoms with Crippen LogP contribution in [0.3, 0.4) is 0 Å². The van der Waals surface area contributed by atoms with Gasteiger partial charge in [-0.3, -0.25) is 9.69 Å². The van der Waals surface area contributed by atoms with Gasteiger partial charge in [0.25, 0.3) is 5.91 Å². The van der Waals surface area contributed by atoms with Gasteiger partial charge in [0.2, 0.25) is 0 Å². The lowest BCUT2D eigenvalue weighted by Gasteiger charge is -2.33. The van der Waals surface area contributed by atoms with Gasteiger partial charge < -0.3 is 14.6 Å². The van der Waals surface area contributed by atoms with Crippen LogP contribution < -0.4 is 10.1 Å². The van der Waals surface area contributed by atoms with Gasteiger partial charge >= 0.3 is 6.03 Å². The van der Waals surface area contributed by atoms with E-state index in [-0.39, 0.29) is 18.4 Å². The van der Waals surface area contributed by atoms with Crippen molar-refractivity contribution in [2.24, 2.45) is 7.05 Å². The molecule has 1 aromatic carbocycles. The lowest BCUT2D eigenvalue weighted by molar-refractivity contribution is -0.133. The van der Waals surface area contributed by atoms with E-state index in [1.54, 1.807) is 0 Å². The Morgan fingerprint density at radius 3 is 2.77 bits per heavy atom. The van der Waals surface area contributed by atoms with Crippen LogP contribution in [0.25, 0.3) is 0 Å². The van der Waals surface area contributed by atoms with E-state index in [1.165, 1.54) is 4.90 Å². The number of rotatable bonds is 3. The van der Waals surface area contributed by atoms with Gasteiger partial charge in [0.05, 0.1) is 13.2 Å². The van der Waals surface area contributed by atoms with E-state index in [4.69, 9.17) is 4.74 Å². The number of aromatic nitrogens is 3. The number of para-hydroxylation sites is 1. The van der Waals surface area contributed by atoms with E-state index in [2.05, 4.69) is 15.5 Å². The van der Waals surface area contributed by atoms with Crippen LogP contribution in [0.4, 0.5) is 4.79 Å². The van der Waals surface area contributed by atoms with Crippen molar-refractivity contribution in [2.75, 3.05) is 6.61 Å². The van der Waals surface area contributed by atoms with Gasteiger partial charge in [-0.15, -0.1) is 10.2 Å². The van der Waals surface area contributed by atoms with E-state index in [1.807, 2.05) is 49.7 Å². The summed E-state index contributed by atoms with van der Waals surface area (Å²) in [5, 5.41) is 11.2. The predicted molar refractivity (Wildman–Crippen MR) is 92.4 cm³/mol. The molecule has 1 fully saturated rings. The number of nitrogens with one attached hydrogen (secondary N) is 1. The molecule has 26 heavy (non-hydrogen) atoms. The maximum Gasteiger partial charge on any atom is 0.325 e. The van der Waals surface area contributed by atoms with Crippen molar-refractivity contribution in [3.63, 3.8) is 0 Å². The molecule has 1 spiro atoms. The molecule has 1 aromatic heterocycles. The van der Waals surface area contributed by atoms with E-state index in [0.717, 1.165) is 5.82 Å². The van der Waals surface area contributed by atoms with Crippen LogP contribution in [0.2, 0.25) is 0 Å². The van der Waals surface area contributed by atoms with Gasteiger partial charge in [0, 0.05) is 24.9 Å². The highest BCUT2D eigenvalue weighted by Crippen LogP contribution is 2.41. The molecule has 2 aliphatic heterocycles. The van der Waals surface area contributed by atoms with Crippen LogP contribution in [-0.2, 0) is 23.9 Å². The molecule has 1 unspecified atom stereocenters. The number of fused-ring (bicyclic) bond motifs is 2. The largest absolute Gasteiger partial charge is 0.493 e. The molecule has 2 aliphatic rings. The van der Waals surface area contributed by atoms with Crippen molar-refractivity contribution in [1.29, 1.82) is 0 Å². The summed E-state index contributed by atoms with van der Waals surface area (Å²) in [7, 11) is 1.85. The zero-order chi connectivity index (χ0) is 18.5. The maximum atomic E-state index is 13.2. The number of benzene rings is 1. The number of ether oxygens (including phenoxy) is 1. The van der Waals surface area contributed by atoms with Crippen molar-refractivity contribution in [3.8, 4) is 5.75 Å². The molecule has 0 aliphatic carbocycles. The molecule has 136 valence electrons. The molecular weight excluding hydrogens is 334 g/mol. The Bertz CT molecular complexity index is 891. The summed E-state index contributed by atoms with van der Waals surface area (Å²) < 4.78 is 7.49. The Morgan fingerprint density at radius 1 is 1.27 bits per heavy atom. The Hall–Kier alpha value is -2.90. The van der Waals surface area contributed by atoms with Crippen LogP contribution >= 0.6 is 0 Å². The van der Waals surface area contributed by atoms with Crippen LogP contribution in [0.1, 0.15) is 43.4 Å². The third kappa shape index (κ3) is 2.28. The van der Waals surface area contributed by atoms with Crippen molar-refractivity contribution in [3.05, 3.63) is 41.5 Å². The smallest absolute Gasteiger partial charge is 0.325 e. The first kappa shape index (κ1) is 16.6. The standard InChI is InChI=1S/C18H21N5O3/c1-11(2)15-21-20-14(22(15)3)10-23-16(24)18(19-17(23)25)8-9-26-13-7-5-4-6-12(13)18/h4-7,11H,8-10H2,1-3H3,(H,19,25). The number of amides is 3. The zero-order valence-corrected chi connectivity index (χ0v) is 15.0. The van der Waals surface area contributed by atoms with E-state index in [0.29, 0.717) is 30.2 Å². The third-order valence-corrected chi connectivity index (χ3v) is 5.07. The summed E-state index contributed by atoms with van der Waals surface area (Å²) in [5.74, 6) is 1.97. The van der Waals surface area contributed by atoms with Gasteiger partial charge in [-0.2, -0.15) is 0 Å². The quantitative estimate of drug-likeness (QED) is 0.846. The number of imide groups is 1. The van der Waals surface area contributed by atoms with Crippen LogP contribution in [-0.4, -0.2) is 38.2 Å². The summed E-state index contributed by atoms with van der Waals surface area (Å²) in [6, 6.07) is 6.92. The second-order valence-corrected chi connectivity index (χ2v) is 7.01. The van der Waals surface area contributed by atoms with Crippen LogP contribution in [0.5, 0.6) is 5.75 Å². The highest BCUT2D eigenvalue weighted by atomic mass is 16.5. The molecule has 1 saturated heterocycles. The van der Waals surface area contributed by atoms with Crippen LogP contribution in [0, 0.1) is 0 Å². The first-order valence-electron chi connectivity index (χ1n) is 8.68. The molecule has 1 atom stereocenters. The lowest BCUT2D eigenvalue weighted by atomic mass is 9.84. The van der Waals surface area contributed by atoms with Gasteiger partial charge in [-0.05, 0) is 6.07 Å². The highest BCUT2D eigenvalue weighted by molar-refractivity contribution is 6.07. The Balaban J connectivity index is 1.67. The molecular formula is C18H21N5O3. The fourth-order valence-corrected chi connectivity index (χ4v) is 3.67.